The fourth-order valence-electron chi connectivity index (χ4n) is 3.65. The lowest BCUT2D eigenvalue weighted by molar-refractivity contribution is -0.135. The van der Waals surface area contributed by atoms with Crippen LogP contribution in [0.25, 0.3) is 10.9 Å². The number of hydrogen-bond donors (Lipinski definition) is 1. The Hall–Kier alpha value is -2.37. The zero-order valence-corrected chi connectivity index (χ0v) is 16.3. The second kappa shape index (κ2) is 8.55. The Morgan fingerprint density at radius 3 is 2.74 bits per heavy atom. The summed E-state index contributed by atoms with van der Waals surface area (Å²) in [5, 5.41) is 8.89. The number of aromatic nitrogens is 2. The van der Waals surface area contributed by atoms with Gasteiger partial charge in [0.2, 0.25) is 5.91 Å². The van der Waals surface area contributed by atoms with Gasteiger partial charge in [0.25, 0.3) is 0 Å². The highest BCUT2D eigenvalue weighted by Gasteiger charge is 2.28. The molecule has 0 radical (unpaired) electrons. The van der Waals surface area contributed by atoms with E-state index in [4.69, 9.17) is 0 Å². The van der Waals surface area contributed by atoms with Crippen LogP contribution < -0.4 is 5.32 Å². The third-order valence-corrected chi connectivity index (χ3v) is 5.17. The van der Waals surface area contributed by atoms with Crippen molar-refractivity contribution in [1.29, 1.82) is 0 Å². The number of piperazine rings is 1. The Balaban J connectivity index is 0.00000210. The molecule has 1 saturated heterocycles. The molecule has 1 aliphatic heterocycles. The van der Waals surface area contributed by atoms with Crippen molar-refractivity contribution in [3.8, 4) is 0 Å². The molecule has 0 saturated carbocycles. The first-order valence-corrected chi connectivity index (χ1v) is 9.26. The number of para-hydroxylation sites is 1. The van der Waals surface area contributed by atoms with Gasteiger partial charge in [0.1, 0.15) is 6.54 Å². The van der Waals surface area contributed by atoms with Gasteiger partial charge in [-0.2, -0.15) is 5.10 Å². The molecule has 6 heteroatoms. The predicted octanol–water partition coefficient (Wildman–Crippen LogP) is 3.19. The van der Waals surface area contributed by atoms with E-state index in [9.17, 15) is 4.79 Å². The van der Waals surface area contributed by atoms with Crippen LogP contribution in [0.4, 0.5) is 0 Å². The number of nitrogens with zero attached hydrogens (tertiary/aromatic N) is 3. The molecule has 0 aliphatic carbocycles. The molecule has 1 fully saturated rings. The van der Waals surface area contributed by atoms with Crippen molar-refractivity contribution in [2.45, 2.75) is 25.9 Å². The first kappa shape index (κ1) is 19.4. The Labute approximate surface area is 165 Å². The molecule has 27 heavy (non-hydrogen) atoms. The topological polar surface area (TPSA) is 50.2 Å². The molecule has 2 heterocycles. The number of hydrogen-bond acceptors (Lipinski definition) is 3. The monoisotopic (exact) mass is 384 g/mol. The van der Waals surface area contributed by atoms with Crippen LogP contribution in [0.1, 0.15) is 24.1 Å². The molecule has 1 aromatic heterocycles. The minimum Gasteiger partial charge on any atom is -0.331 e. The summed E-state index contributed by atoms with van der Waals surface area (Å²) in [5.41, 5.74) is 3.51. The van der Waals surface area contributed by atoms with Gasteiger partial charge in [-0.05, 0) is 23.6 Å². The lowest BCUT2D eigenvalue weighted by atomic mass is 10.0. The van der Waals surface area contributed by atoms with Gasteiger partial charge < -0.3 is 10.2 Å². The maximum absolute atomic E-state index is 13.1. The van der Waals surface area contributed by atoms with Crippen molar-refractivity contribution in [1.82, 2.24) is 20.0 Å². The lowest BCUT2D eigenvalue weighted by Crippen LogP contribution is -2.49. The van der Waals surface area contributed by atoms with Crippen LogP contribution >= 0.6 is 12.4 Å². The van der Waals surface area contributed by atoms with Gasteiger partial charge in [0.15, 0.2) is 0 Å². The third-order valence-electron chi connectivity index (χ3n) is 5.17. The van der Waals surface area contributed by atoms with E-state index >= 15 is 0 Å². The van der Waals surface area contributed by atoms with Crippen LogP contribution in [0.5, 0.6) is 0 Å². The fraction of sp³-hybridized carbons (Fsp3) is 0.333. The summed E-state index contributed by atoms with van der Waals surface area (Å²) in [4.78, 5) is 15.0. The van der Waals surface area contributed by atoms with Crippen LogP contribution in [0, 0.1) is 0 Å². The Bertz CT molecular complexity index is 906. The van der Waals surface area contributed by atoms with Gasteiger partial charge in [0, 0.05) is 25.0 Å². The number of fused-ring (bicyclic) bond motifs is 1. The molecule has 1 atom stereocenters. The molecule has 1 unspecified atom stereocenters. The fourth-order valence-corrected chi connectivity index (χ4v) is 3.65. The van der Waals surface area contributed by atoms with E-state index in [1.165, 1.54) is 11.1 Å². The lowest BCUT2D eigenvalue weighted by Gasteiger charge is -2.36. The van der Waals surface area contributed by atoms with Crippen molar-refractivity contribution >= 4 is 29.2 Å². The summed E-state index contributed by atoms with van der Waals surface area (Å²) in [6.07, 6.45) is 2.85. The number of aryl methyl sites for hydroxylation is 1. The van der Waals surface area contributed by atoms with E-state index in [1.807, 2.05) is 35.4 Å². The second-order valence-corrected chi connectivity index (χ2v) is 6.76. The number of nitrogens with one attached hydrogen (secondary N) is 1. The molecule has 0 bridgehead atoms. The van der Waals surface area contributed by atoms with E-state index in [0.29, 0.717) is 0 Å². The highest BCUT2D eigenvalue weighted by atomic mass is 35.5. The molecule has 2 aromatic carbocycles. The summed E-state index contributed by atoms with van der Waals surface area (Å²) in [6.45, 7) is 4.77. The predicted molar refractivity (Wildman–Crippen MR) is 110 cm³/mol. The first-order chi connectivity index (χ1) is 12.8. The van der Waals surface area contributed by atoms with E-state index in [0.717, 1.165) is 37.0 Å². The molecule has 5 nitrogen and oxygen atoms in total. The SMILES string of the molecule is CCc1ccc(C2CNCCN2C(=O)Cn2ncc3ccccc32)cc1.Cl. The molecule has 1 amide bonds. The summed E-state index contributed by atoms with van der Waals surface area (Å²) < 4.78 is 1.80. The average molecular weight is 385 g/mol. The number of carbonyl (C=O) groups excluding carboxylic acids is 1. The molecule has 0 spiro atoms. The van der Waals surface area contributed by atoms with E-state index in [-0.39, 0.29) is 30.9 Å². The van der Waals surface area contributed by atoms with Crippen molar-refractivity contribution in [3.05, 3.63) is 65.9 Å². The quantitative estimate of drug-likeness (QED) is 0.751. The number of amides is 1. The molecule has 142 valence electrons. The largest absolute Gasteiger partial charge is 0.331 e. The Morgan fingerprint density at radius 1 is 1.19 bits per heavy atom. The molecule has 1 N–H and O–H groups in total. The molecular weight excluding hydrogens is 360 g/mol. The summed E-state index contributed by atoms with van der Waals surface area (Å²) in [7, 11) is 0. The van der Waals surface area contributed by atoms with Crippen molar-refractivity contribution in [3.63, 3.8) is 0 Å². The highest BCUT2D eigenvalue weighted by molar-refractivity contribution is 5.85. The maximum Gasteiger partial charge on any atom is 0.244 e. The normalized spacial score (nSPS) is 16.9. The number of carbonyl (C=O) groups is 1. The van der Waals surface area contributed by atoms with Gasteiger partial charge in [-0.3, -0.25) is 9.48 Å². The van der Waals surface area contributed by atoms with Gasteiger partial charge >= 0.3 is 0 Å². The minimum atomic E-state index is 0. The summed E-state index contributed by atoms with van der Waals surface area (Å²) in [5.74, 6) is 0.116. The average Bonchev–Trinajstić information content (AvgIpc) is 3.11. The third kappa shape index (κ3) is 3.99. The molecule has 3 aromatic rings. The van der Waals surface area contributed by atoms with Gasteiger partial charge in [0.05, 0.1) is 17.8 Å². The van der Waals surface area contributed by atoms with E-state index < -0.39 is 0 Å². The van der Waals surface area contributed by atoms with Crippen LogP contribution in [-0.2, 0) is 17.8 Å². The Kier molecular flexibility index (Phi) is 6.14. The zero-order chi connectivity index (χ0) is 17.9. The summed E-state index contributed by atoms with van der Waals surface area (Å²) >= 11 is 0. The minimum absolute atomic E-state index is 0. The van der Waals surface area contributed by atoms with Crippen LogP contribution in [-0.4, -0.2) is 40.2 Å². The van der Waals surface area contributed by atoms with E-state index in [1.54, 1.807) is 4.68 Å². The first-order valence-electron chi connectivity index (χ1n) is 9.26. The number of benzene rings is 2. The standard InChI is InChI=1S/C21H24N4O.ClH/c1-2-16-7-9-17(10-8-16)20-14-22-11-12-24(20)21(26)15-25-19-6-4-3-5-18(19)13-23-25;/h3-10,13,20,22H,2,11-12,14-15H2,1H3;1H. The molecule has 4 rings (SSSR count). The van der Waals surface area contributed by atoms with Gasteiger partial charge in [-0.25, -0.2) is 0 Å². The highest BCUT2D eigenvalue weighted by Crippen LogP contribution is 2.24. The second-order valence-electron chi connectivity index (χ2n) is 6.76. The Morgan fingerprint density at radius 2 is 1.96 bits per heavy atom. The molecular formula is C21H25ClN4O. The van der Waals surface area contributed by atoms with Crippen LogP contribution in [0.2, 0.25) is 0 Å². The molecule has 1 aliphatic rings. The smallest absolute Gasteiger partial charge is 0.244 e. The van der Waals surface area contributed by atoms with Crippen molar-refractivity contribution < 1.29 is 4.79 Å². The maximum atomic E-state index is 13.1. The van der Waals surface area contributed by atoms with Crippen LogP contribution in [0.3, 0.4) is 0 Å². The van der Waals surface area contributed by atoms with Gasteiger partial charge in [-0.1, -0.05) is 49.4 Å². The van der Waals surface area contributed by atoms with E-state index in [2.05, 4.69) is 41.6 Å². The van der Waals surface area contributed by atoms with Gasteiger partial charge in [-0.15, -0.1) is 12.4 Å². The number of rotatable bonds is 4. The van der Waals surface area contributed by atoms with Crippen molar-refractivity contribution in [2.75, 3.05) is 19.6 Å². The number of halogens is 1. The zero-order valence-electron chi connectivity index (χ0n) is 15.5. The van der Waals surface area contributed by atoms with Crippen molar-refractivity contribution in [2.24, 2.45) is 0 Å². The summed E-state index contributed by atoms with van der Waals surface area (Å²) in [6, 6.07) is 16.7. The van der Waals surface area contributed by atoms with Crippen LogP contribution in [0.15, 0.2) is 54.7 Å².